The Balaban J connectivity index is 2.49. The van der Waals surface area contributed by atoms with Crippen molar-refractivity contribution in [1.82, 2.24) is 20.1 Å². The van der Waals surface area contributed by atoms with Gasteiger partial charge in [0.1, 0.15) is 5.82 Å². The molecule has 0 saturated heterocycles. The lowest BCUT2D eigenvalue weighted by Gasteiger charge is -2.12. The first kappa shape index (κ1) is 15.0. The van der Waals surface area contributed by atoms with Crippen LogP contribution in [0.5, 0.6) is 0 Å². The van der Waals surface area contributed by atoms with Crippen molar-refractivity contribution in [2.24, 2.45) is 0 Å². The molecule has 2 aromatic rings. The summed E-state index contributed by atoms with van der Waals surface area (Å²) in [6.45, 7) is 7.98. The third-order valence-corrected chi connectivity index (χ3v) is 3.43. The van der Waals surface area contributed by atoms with Crippen molar-refractivity contribution in [2.75, 3.05) is 6.54 Å². The van der Waals surface area contributed by atoms with E-state index in [1.165, 1.54) is 5.56 Å². The highest BCUT2D eigenvalue weighted by Crippen LogP contribution is 2.21. The van der Waals surface area contributed by atoms with E-state index in [2.05, 4.69) is 36.2 Å². The fraction of sp³-hybridized carbons (Fsp3) is 0.467. The summed E-state index contributed by atoms with van der Waals surface area (Å²) in [6.07, 6.45) is 1.68. The molecule has 0 amide bonds. The first-order chi connectivity index (χ1) is 9.69. The van der Waals surface area contributed by atoms with Crippen molar-refractivity contribution < 1.29 is 0 Å². The Kier molecular flexibility index (Phi) is 5.15. The summed E-state index contributed by atoms with van der Waals surface area (Å²) in [5, 5.41) is 8.66. The molecule has 0 radical (unpaired) electrons. The molecular weight excluding hydrogens is 272 g/mol. The number of hydrogen-bond acceptors (Lipinski definition) is 3. The van der Waals surface area contributed by atoms with Crippen LogP contribution in [0.3, 0.4) is 0 Å². The van der Waals surface area contributed by atoms with Gasteiger partial charge in [-0.05, 0) is 24.2 Å². The van der Waals surface area contributed by atoms with Gasteiger partial charge in [0.15, 0.2) is 5.82 Å². The number of aromatic nitrogens is 3. The Morgan fingerprint density at radius 2 is 2.00 bits per heavy atom. The molecule has 2 rings (SSSR count). The largest absolute Gasteiger partial charge is 0.313 e. The van der Waals surface area contributed by atoms with Crippen LogP contribution in [-0.4, -0.2) is 21.3 Å². The fourth-order valence-electron chi connectivity index (χ4n) is 2.11. The zero-order valence-electron chi connectivity index (χ0n) is 12.3. The number of hydrogen-bond donors (Lipinski definition) is 1. The minimum atomic E-state index is 0.718. The standard InChI is InChI=1S/C15H21ClN4/c1-4-14-18-15(5-2)20(19-14)13-9-12(16)8-7-11(13)10-17-6-3/h7-9,17H,4-6,10H2,1-3H3. The van der Waals surface area contributed by atoms with Gasteiger partial charge in [-0.2, -0.15) is 5.10 Å². The van der Waals surface area contributed by atoms with Crippen LogP contribution >= 0.6 is 11.6 Å². The highest BCUT2D eigenvalue weighted by Gasteiger charge is 2.13. The Labute approximate surface area is 125 Å². The highest BCUT2D eigenvalue weighted by atomic mass is 35.5. The monoisotopic (exact) mass is 292 g/mol. The van der Waals surface area contributed by atoms with Crippen molar-refractivity contribution in [2.45, 2.75) is 40.2 Å². The van der Waals surface area contributed by atoms with Gasteiger partial charge >= 0.3 is 0 Å². The van der Waals surface area contributed by atoms with E-state index in [1.54, 1.807) is 0 Å². The van der Waals surface area contributed by atoms with E-state index in [0.29, 0.717) is 0 Å². The summed E-state index contributed by atoms with van der Waals surface area (Å²) in [4.78, 5) is 4.56. The van der Waals surface area contributed by atoms with Crippen LogP contribution < -0.4 is 5.32 Å². The summed E-state index contributed by atoms with van der Waals surface area (Å²) >= 11 is 6.16. The lowest BCUT2D eigenvalue weighted by molar-refractivity contribution is 0.709. The predicted octanol–water partition coefficient (Wildman–Crippen LogP) is 3.16. The summed E-state index contributed by atoms with van der Waals surface area (Å²) in [5.41, 5.74) is 2.20. The fourth-order valence-corrected chi connectivity index (χ4v) is 2.27. The molecule has 0 saturated carbocycles. The average molecular weight is 293 g/mol. The molecule has 0 unspecified atom stereocenters. The maximum absolute atomic E-state index is 6.16. The predicted molar refractivity (Wildman–Crippen MR) is 82.5 cm³/mol. The smallest absolute Gasteiger partial charge is 0.151 e. The zero-order chi connectivity index (χ0) is 14.5. The highest BCUT2D eigenvalue weighted by molar-refractivity contribution is 6.30. The molecule has 1 aromatic heterocycles. The SMILES string of the molecule is CCNCc1ccc(Cl)cc1-n1nc(CC)nc1CC. The molecule has 0 aliphatic rings. The number of nitrogens with zero attached hydrogens (tertiary/aromatic N) is 3. The van der Waals surface area contributed by atoms with Gasteiger partial charge in [0.25, 0.3) is 0 Å². The van der Waals surface area contributed by atoms with E-state index in [1.807, 2.05) is 22.9 Å². The van der Waals surface area contributed by atoms with E-state index < -0.39 is 0 Å². The molecule has 108 valence electrons. The molecule has 0 aliphatic heterocycles. The average Bonchev–Trinajstić information content (AvgIpc) is 2.89. The molecule has 4 nitrogen and oxygen atoms in total. The number of halogens is 1. The third-order valence-electron chi connectivity index (χ3n) is 3.19. The van der Waals surface area contributed by atoms with Crippen LogP contribution in [0.1, 0.15) is 38.0 Å². The molecule has 1 heterocycles. The van der Waals surface area contributed by atoms with E-state index in [4.69, 9.17) is 11.6 Å². The number of benzene rings is 1. The van der Waals surface area contributed by atoms with Crippen LogP contribution in [-0.2, 0) is 19.4 Å². The van der Waals surface area contributed by atoms with Gasteiger partial charge in [0, 0.05) is 24.4 Å². The quantitative estimate of drug-likeness (QED) is 0.889. The maximum Gasteiger partial charge on any atom is 0.151 e. The van der Waals surface area contributed by atoms with Gasteiger partial charge in [-0.15, -0.1) is 0 Å². The van der Waals surface area contributed by atoms with Crippen LogP contribution in [0.4, 0.5) is 0 Å². The Morgan fingerprint density at radius 3 is 2.65 bits per heavy atom. The summed E-state index contributed by atoms with van der Waals surface area (Å²) in [6, 6.07) is 5.93. The molecule has 1 N–H and O–H groups in total. The first-order valence-electron chi connectivity index (χ1n) is 7.13. The number of nitrogens with one attached hydrogen (secondary N) is 1. The molecule has 0 spiro atoms. The van der Waals surface area contributed by atoms with Crippen molar-refractivity contribution in [3.8, 4) is 5.69 Å². The Morgan fingerprint density at radius 1 is 1.20 bits per heavy atom. The molecule has 0 atom stereocenters. The van der Waals surface area contributed by atoms with Gasteiger partial charge in [-0.1, -0.05) is 38.4 Å². The summed E-state index contributed by atoms with van der Waals surface area (Å²) < 4.78 is 1.93. The van der Waals surface area contributed by atoms with Gasteiger partial charge < -0.3 is 5.32 Å². The number of aryl methyl sites for hydroxylation is 2. The second-order valence-corrected chi connectivity index (χ2v) is 5.05. The summed E-state index contributed by atoms with van der Waals surface area (Å²) in [5.74, 6) is 1.85. The maximum atomic E-state index is 6.16. The van der Waals surface area contributed by atoms with Gasteiger partial charge in [0.05, 0.1) is 5.69 Å². The lowest BCUT2D eigenvalue weighted by Crippen LogP contribution is -2.15. The van der Waals surface area contributed by atoms with E-state index >= 15 is 0 Å². The summed E-state index contributed by atoms with van der Waals surface area (Å²) in [7, 11) is 0. The second kappa shape index (κ2) is 6.86. The Bertz CT molecular complexity index is 577. The first-order valence-corrected chi connectivity index (χ1v) is 7.51. The van der Waals surface area contributed by atoms with Gasteiger partial charge in [-0.25, -0.2) is 9.67 Å². The third kappa shape index (κ3) is 3.19. The zero-order valence-corrected chi connectivity index (χ0v) is 13.0. The van der Waals surface area contributed by atoms with Crippen LogP contribution in [0, 0.1) is 0 Å². The van der Waals surface area contributed by atoms with Crippen molar-refractivity contribution in [1.29, 1.82) is 0 Å². The minimum absolute atomic E-state index is 0.718. The van der Waals surface area contributed by atoms with Crippen LogP contribution in [0.2, 0.25) is 5.02 Å². The molecule has 20 heavy (non-hydrogen) atoms. The van der Waals surface area contributed by atoms with Gasteiger partial charge in [-0.3, -0.25) is 0 Å². The topological polar surface area (TPSA) is 42.7 Å². The molecule has 0 aliphatic carbocycles. The van der Waals surface area contributed by atoms with Crippen molar-refractivity contribution >= 4 is 11.6 Å². The van der Waals surface area contributed by atoms with E-state index in [-0.39, 0.29) is 0 Å². The van der Waals surface area contributed by atoms with Crippen molar-refractivity contribution in [3.05, 3.63) is 40.4 Å². The van der Waals surface area contributed by atoms with Gasteiger partial charge in [0.2, 0.25) is 0 Å². The molecule has 0 fully saturated rings. The molecular formula is C15H21ClN4. The normalized spacial score (nSPS) is 11.0. The van der Waals surface area contributed by atoms with Crippen LogP contribution in [0.15, 0.2) is 18.2 Å². The molecule has 5 heteroatoms. The minimum Gasteiger partial charge on any atom is -0.313 e. The van der Waals surface area contributed by atoms with E-state index in [0.717, 1.165) is 48.3 Å². The second-order valence-electron chi connectivity index (χ2n) is 4.62. The molecule has 1 aromatic carbocycles. The van der Waals surface area contributed by atoms with Crippen molar-refractivity contribution in [3.63, 3.8) is 0 Å². The Hall–Kier alpha value is -1.39. The number of rotatable bonds is 6. The lowest BCUT2D eigenvalue weighted by atomic mass is 10.1. The van der Waals surface area contributed by atoms with Crippen LogP contribution in [0.25, 0.3) is 5.69 Å². The molecule has 0 bridgehead atoms. The van der Waals surface area contributed by atoms with E-state index in [9.17, 15) is 0 Å².